The topological polar surface area (TPSA) is 131 Å². The van der Waals surface area contributed by atoms with E-state index in [1.165, 1.54) is 25.1 Å². The van der Waals surface area contributed by atoms with Crippen LogP contribution in [-0.2, 0) is 30.4 Å². The third-order valence-electron chi connectivity index (χ3n) is 5.18. The second-order valence-corrected chi connectivity index (χ2v) is 11.7. The zero-order chi connectivity index (χ0) is 28.1. The first-order valence-electron chi connectivity index (χ1n) is 11.8. The van der Waals surface area contributed by atoms with Crippen molar-refractivity contribution in [3.8, 4) is 5.75 Å². The van der Waals surface area contributed by atoms with Crippen LogP contribution in [0.3, 0.4) is 0 Å². The second-order valence-electron chi connectivity index (χ2n) is 8.16. The van der Waals surface area contributed by atoms with E-state index in [0.717, 1.165) is 16.9 Å². The summed E-state index contributed by atoms with van der Waals surface area (Å²) in [5, 5.41) is 10.7. The number of carbonyl (C=O) groups excluding carboxylic acids is 2. The maximum absolute atomic E-state index is 12.0. The minimum absolute atomic E-state index is 0.103. The van der Waals surface area contributed by atoms with E-state index in [1.807, 2.05) is 60.7 Å². The summed E-state index contributed by atoms with van der Waals surface area (Å²) in [6.45, 7) is 2.04. The van der Waals surface area contributed by atoms with Gasteiger partial charge in [-0.15, -0.1) is 0 Å². The van der Waals surface area contributed by atoms with Crippen LogP contribution in [0.15, 0.2) is 109 Å². The third-order valence-corrected chi connectivity index (χ3v) is 7.74. The number of esters is 1. The van der Waals surface area contributed by atoms with Crippen molar-refractivity contribution in [3.63, 3.8) is 0 Å². The molecule has 0 fully saturated rings. The summed E-state index contributed by atoms with van der Waals surface area (Å²) in [5.74, 6) is 0.00261. The van der Waals surface area contributed by atoms with Gasteiger partial charge in [-0.3, -0.25) is 0 Å². The van der Waals surface area contributed by atoms with E-state index in [4.69, 9.17) is 14.7 Å². The molecule has 39 heavy (non-hydrogen) atoms. The average Bonchev–Trinajstić information content (AvgIpc) is 2.96. The largest absolute Gasteiger partial charge is 0.489 e. The zero-order valence-corrected chi connectivity index (χ0v) is 23.0. The molecule has 0 bridgehead atoms. The molecule has 0 aromatic heterocycles. The molecule has 4 aromatic rings. The molecule has 0 heterocycles. The van der Waals surface area contributed by atoms with E-state index in [9.17, 15) is 17.4 Å². The molecule has 0 saturated heterocycles. The molecule has 4 rings (SSSR count). The van der Waals surface area contributed by atoms with Crippen LogP contribution in [0.2, 0.25) is 0 Å². The van der Waals surface area contributed by atoms with Crippen LogP contribution in [0.25, 0.3) is 0 Å². The molecule has 0 aliphatic carbocycles. The van der Waals surface area contributed by atoms with Gasteiger partial charge in [0, 0.05) is 0 Å². The van der Waals surface area contributed by atoms with Gasteiger partial charge in [0.15, 0.2) is 0 Å². The number of rotatable bonds is 9. The summed E-state index contributed by atoms with van der Waals surface area (Å²) in [5.41, 5.74) is 2.74. The van der Waals surface area contributed by atoms with Crippen molar-refractivity contribution in [2.24, 2.45) is 0 Å². The molecule has 3 N–H and O–H groups in total. The van der Waals surface area contributed by atoms with E-state index >= 15 is 0 Å². The van der Waals surface area contributed by atoms with E-state index in [1.54, 1.807) is 30.3 Å². The van der Waals surface area contributed by atoms with Gasteiger partial charge in [0.1, 0.15) is 19.0 Å². The fourth-order valence-corrected chi connectivity index (χ4v) is 4.97. The maximum atomic E-state index is 12.0. The van der Waals surface area contributed by atoms with Crippen LogP contribution in [-0.4, -0.2) is 35.4 Å². The van der Waals surface area contributed by atoms with Gasteiger partial charge >= 0.3 is 94.4 Å². The van der Waals surface area contributed by atoms with Crippen LogP contribution in [0.5, 0.6) is 5.75 Å². The standard InChI is InChI=1S/C21H18O3.C8H10AsNO5/c22-21(24-16-18-9-5-2-6-10-18)19-11-13-20(14-12-19)23-15-17-7-3-1-4-8-17;1-6(11)10-8-5-3-2-4-7(8)9(12,13)15-14/h1-14H,15-16H2;2-5,14H,1H3,(H,10,11)(H,12,13). The van der Waals surface area contributed by atoms with Crippen LogP contribution >= 0.6 is 0 Å². The molecule has 10 heteroatoms. The predicted octanol–water partition coefficient (Wildman–Crippen LogP) is 4.33. The quantitative estimate of drug-likeness (QED) is 0.113. The molecule has 0 saturated carbocycles. The Morgan fingerprint density at radius 3 is 1.87 bits per heavy atom. The second kappa shape index (κ2) is 14.7. The van der Waals surface area contributed by atoms with Crippen molar-refractivity contribution in [2.45, 2.75) is 20.1 Å². The minimum atomic E-state index is -4.92. The van der Waals surface area contributed by atoms with E-state index in [-0.39, 0.29) is 28.5 Å². The van der Waals surface area contributed by atoms with Gasteiger partial charge in [-0.1, -0.05) is 60.7 Å². The summed E-state index contributed by atoms with van der Waals surface area (Å²) in [6.07, 6.45) is 0. The number of ether oxygens (including phenoxy) is 2. The first-order valence-corrected chi connectivity index (χ1v) is 15.1. The fraction of sp³-hybridized carbons (Fsp3) is 0.103. The molecule has 0 aliphatic rings. The van der Waals surface area contributed by atoms with Gasteiger partial charge in [0.2, 0.25) is 0 Å². The van der Waals surface area contributed by atoms with Crippen molar-refractivity contribution >= 4 is 36.1 Å². The van der Waals surface area contributed by atoms with Crippen LogP contribution in [0, 0.1) is 0 Å². The van der Waals surface area contributed by atoms with Crippen molar-refractivity contribution in [1.29, 1.82) is 0 Å². The molecule has 0 spiro atoms. The van der Waals surface area contributed by atoms with Crippen LogP contribution in [0.4, 0.5) is 5.69 Å². The first-order chi connectivity index (χ1) is 18.8. The maximum Gasteiger partial charge on any atom is 0.338 e. The average molecular weight is 593 g/mol. The summed E-state index contributed by atoms with van der Waals surface area (Å²) in [6, 6.07) is 32.4. The fourth-order valence-electron chi connectivity index (χ4n) is 3.29. The Kier molecular flexibility index (Phi) is 11.1. The summed E-state index contributed by atoms with van der Waals surface area (Å²) in [4.78, 5) is 22.8. The molecule has 1 unspecified atom stereocenters. The number of anilines is 1. The molecule has 4 aromatic carbocycles. The SMILES string of the molecule is CC(=O)Nc1ccccc1[As](=O)(O)OO.O=C(OCc1ccccc1)c1ccc(OCc2ccccc2)cc1. The Morgan fingerprint density at radius 1 is 0.769 bits per heavy atom. The van der Waals surface area contributed by atoms with Gasteiger partial charge in [-0.25, -0.2) is 4.79 Å². The molecule has 202 valence electrons. The first kappa shape index (κ1) is 29.4. The van der Waals surface area contributed by atoms with Crippen molar-refractivity contribution in [2.75, 3.05) is 5.32 Å². The van der Waals surface area contributed by atoms with Gasteiger partial charge in [-0.2, -0.15) is 0 Å². The van der Waals surface area contributed by atoms with Crippen molar-refractivity contribution in [3.05, 3.63) is 126 Å². The molecule has 1 atom stereocenters. The van der Waals surface area contributed by atoms with Gasteiger partial charge < -0.3 is 9.47 Å². The van der Waals surface area contributed by atoms with E-state index in [2.05, 4.69) is 9.19 Å². The van der Waals surface area contributed by atoms with E-state index in [0.29, 0.717) is 12.2 Å². The molecule has 1 amide bonds. The van der Waals surface area contributed by atoms with Crippen molar-refractivity contribution < 1.29 is 36.0 Å². The third kappa shape index (κ3) is 9.59. The Hall–Kier alpha value is -4.14. The van der Waals surface area contributed by atoms with Crippen LogP contribution in [0.1, 0.15) is 28.4 Å². The number of benzene rings is 4. The summed E-state index contributed by atoms with van der Waals surface area (Å²) in [7, 11) is 0. The van der Waals surface area contributed by atoms with Crippen molar-refractivity contribution in [1.82, 2.24) is 0 Å². The van der Waals surface area contributed by atoms with Gasteiger partial charge in [0.05, 0.1) is 5.56 Å². The predicted molar refractivity (Wildman–Crippen MR) is 146 cm³/mol. The Bertz CT molecular complexity index is 1400. The monoisotopic (exact) mass is 593 g/mol. The number of para-hydroxylation sites is 1. The summed E-state index contributed by atoms with van der Waals surface area (Å²) >= 11 is -4.92. The summed E-state index contributed by atoms with van der Waals surface area (Å²) < 4.78 is 35.1. The van der Waals surface area contributed by atoms with Gasteiger partial charge in [-0.05, 0) is 35.4 Å². The minimum Gasteiger partial charge on any atom is -0.489 e. The number of hydrogen-bond acceptors (Lipinski definition) is 7. The number of hydrogen-bond donors (Lipinski definition) is 3. The van der Waals surface area contributed by atoms with Crippen LogP contribution < -0.4 is 14.4 Å². The number of nitrogens with one attached hydrogen (secondary N) is 1. The Labute approximate surface area is 228 Å². The normalized spacial score (nSPS) is 11.8. The van der Waals surface area contributed by atoms with Gasteiger partial charge in [0.25, 0.3) is 0 Å². The number of amides is 1. The Morgan fingerprint density at radius 2 is 1.31 bits per heavy atom. The Balaban J connectivity index is 0.000000242. The molecule has 0 radical (unpaired) electrons. The zero-order valence-electron chi connectivity index (χ0n) is 21.1. The molecule has 9 nitrogen and oxygen atoms in total. The molecule has 0 aliphatic heterocycles. The number of carbonyl (C=O) groups is 2. The molecular formula is C29H28AsNO8. The smallest absolute Gasteiger partial charge is 0.338 e. The van der Waals surface area contributed by atoms with E-state index < -0.39 is 14.2 Å². The molecular weight excluding hydrogens is 565 g/mol.